The average Bonchev–Trinajstić information content (AvgIpc) is 2.71. The second-order valence-corrected chi connectivity index (χ2v) is 7.18. The zero-order chi connectivity index (χ0) is 21.0. The third-order valence-electron chi connectivity index (χ3n) is 5.25. The van der Waals surface area contributed by atoms with Gasteiger partial charge in [0.1, 0.15) is 19.0 Å². The van der Waals surface area contributed by atoms with Crippen LogP contribution in [-0.4, -0.2) is 41.8 Å². The minimum Gasteiger partial charge on any atom is -1.00 e. The number of halogens is 1. The van der Waals surface area contributed by atoms with Crippen molar-refractivity contribution in [2.24, 2.45) is 0 Å². The monoisotopic (exact) mass is 429 g/mol. The van der Waals surface area contributed by atoms with E-state index in [9.17, 15) is 9.59 Å². The third kappa shape index (κ3) is 4.89. The van der Waals surface area contributed by atoms with E-state index in [2.05, 4.69) is 18.8 Å². The molecule has 2 aromatic carbocycles. The molecule has 1 N–H and O–H groups in total. The largest absolute Gasteiger partial charge is 1.00 e. The van der Waals surface area contributed by atoms with E-state index in [1.807, 2.05) is 37.3 Å². The molecule has 30 heavy (non-hydrogen) atoms. The summed E-state index contributed by atoms with van der Waals surface area (Å²) in [6, 6.07) is 12.6. The van der Waals surface area contributed by atoms with Gasteiger partial charge in [-0.2, -0.15) is 0 Å². The van der Waals surface area contributed by atoms with Crippen LogP contribution in [0.15, 0.2) is 47.3 Å². The van der Waals surface area contributed by atoms with Crippen molar-refractivity contribution in [2.45, 2.75) is 27.7 Å². The van der Waals surface area contributed by atoms with Crippen LogP contribution in [0.3, 0.4) is 0 Å². The zero-order valence-corrected chi connectivity index (χ0v) is 18.6. The van der Waals surface area contributed by atoms with E-state index >= 15 is 0 Å². The number of quaternary nitrogens is 1. The van der Waals surface area contributed by atoms with E-state index in [4.69, 9.17) is 4.74 Å². The molecule has 3 aromatic rings. The van der Waals surface area contributed by atoms with Gasteiger partial charge in [0.15, 0.2) is 0 Å². The number of carbonyl (C=O) groups excluding carboxylic acids is 1. The van der Waals surface area contributed by atoms with Crippen LogP contribution in [-0.2, 0) is 4.74 Å². The Morgan fingerprint density at radius 2 is 1.80 bits per heavy atom. The molecule has 0 spiro atoms. The van der Waals surface area contributed by atoms with Crippen LogP contribution in [0.25, 0.3) is 16.6 Å². The second kappa shape index (κ2) is 10.4. The van der Waals surface area contributed by atoms with Gasteiger partial charge >= 0.3 is 5.97 Å². The highest BCUT2D eigenvalue weighted by molar-refractivity contribution is 5.94. The predicted octanol–water partition coefficient (Wildman–Crippen LogP) is -0.912. The van der Waals surface area contributed by atoms with Crippen molar-refractivity contribution in [3.63, 3.8) is 0 Å². The molecule has 0 aliphatic rings. The number of fused-ring (bicyclic) bond motifs is 1. The predicted molar refractivity (Wildman–Crippen MR) is 114 cm³/mol. The molecule has 0 aliphatic carbocycles. The van der Waals surface area contributed by atoms with E-state index in [1.54, 1.807) is 19.1 Å². The van der Waals surface area contributed by atoms with E-state index in [0.717, 1.165) is 25.2 Å². The lowest BCUT2D eigenvalue weighted by Gasteiger charge is -2.17. The summed E-state index contributed by atoms with van der Waals surface area (Å²) in [6.07, 6.45) is 0. The van der Waals surface area contributed by atoms with Crippen LogP contribution >= 0.6 is 0 Å². The van der Waals surface area contributed by atoms with Crippen molar-refractivity contribution in [1.29, 1.82) is 0 Å². The highest BCUT2D eigenvalue weighted by Crippen LogP contribution is 2.19. The quantitative estimate of drug-likeness (QED) is 0.494. The molecule has 160 valence electrons. The minimum absolute atomic E-state index is 0. The molecular weight excluding hydrogens is 402 g/mol. The lowest BCUT2D eigenvalue weighted by molar-refractivity contribution is -0.896. The highest BCUT2D eigenvalue weighted by Gasteiger charge is 2.19. The number of hydrogen-bond donors (Lipinski definition) is 1. The Kier molecular flexibility index (Phi) is 8.15. The number of rotatable bonds is 7. The number of nitrogens with one attached hydrogen (secondary N) is 1. The Balaban J connectivity index is 0.00000320. The first-order valence-corrected chi connectivity index (χ1v) is 10.1. The van der Waals surface area contributed by atoms with Gasteiger partial charge in [-0.15, -0.1) is 0 Å². The van der Waals surface area contributed by atoms with Crippen LogP contribution < -0.4 is 22.9 Å². The lowest BCUT2D eigenvalue weighted by Crippen LogP contribution is -3.11. The first-order valence-electron chi connectivity index (χ1n) is 10.1. The summed E-state index contributed by atoms with van der Waals surface area (Å²) in [5.41, 5.74) is 2.27. The van der Waals surface area contributed by atoms with E-state index in [0.29, 0.717) is 34.6 Å². The average molecular weight is 430 g/mol. The summed E-state index contributed by atoms with van der Waals surface area (Å²) in [7, 11) is 0. The molecule has 3 rings (SSSR count). The SMILES string of the molecule is CC[NH+](CC)CCOC(=O)c1ccc(C)cc1-n1c(C)nc2ccccc2c1=O.[Cl-]. The Morgan fingerprint density at radius 3 is 2.50 bits per heavy atom. The van der Waals surface area contributed by atoms with Gasteiger partial charge in [-0.1, -0.05) is 18.2 Å². The first kappa shape index (κ1) is 23.6. The molecule has 0 unspecified atom stereocenters. The fourth-order valence-electron chi connectivity index (χ4n) is 3.50. The van der Waals surface area contributed by atoms with Crippen molar-refractivity contribution in [3.8, 4) is 5.69 Å². The molecule has 0 saturated heterocycles. The molecule has 0 fully saturated rings. The molecule has 1 heterocycles. The van der Waals surface area contributed by atoms with Crippen molar-refractivity contribution in [2.75, 3.05) is 26.2 Å². The van der Waals surface area contributed by atoms with Crippen molar-refractivity contribution in [1.82, 2.24) is 9.55 Å². The number of likely N-dealkylation sites (N-methyl/N-ethyl adjacent to an activating group) is 1. The number of nitrogens with zero attached hydrogens (tertiary/aromatic N) is 2. The maximum atomic E-state index is 13.2. The number of aryl methyl sites for hydroxylation is 2. The van der Waals surface area contributed by atoms with Gasteiger partial charge in [-0.3, -0.25) is 9.36 Å². The van der Waals surface area contributed by atoms with Gasteiger partial charge in [-0.05, 0) is 57.5 Å². The number of para-hydroxylation sites is 1. The Morgan fingerprint density at radius 1 is 1.10 bits per heavy atom. The van der Waals surface area contributed by atoms with Gasteiger partial charge in [0.05, 0.1) is 35.2 Å². The normalized spacial score (nSPS) is 10.8. The fourth-order valence-corrected chi connectivity index (χ4v) is 3.50. The first-order chi connectivity index (χ1) is 14.0. The molecule has 0 amide bonds. The Hall–Kier alpha value is -2.70. The molecule has 1 aromatic heterocycles. The standard InChI is InChI=1S/C23H27N3O3.ClH/c1-5-25(6-2)13-14-29-23(28)19-12-11-16(3)15-21(19)26-17(4)24-20-10-8-7-9-18(20)22(26)27;/h7-12,15H,5-6,13-14H2,1-4H3;1H. The summed E-state index contributed by atoms with van der Waals surface area (Å²) in [4.78, 5) is 31.9. The number of benzene rings is 2. The molecule has 0 radical (unpaired) electrons. The van der Waals surface area contributed by atoms with Gasteiger partial charge in [-0.25, -0.2) is 9.78 Å². The van der Waals surface area contributed by atoms with Crippen LogP contribution in [0.1, 0.15) is 35.6 Å². The number of esters is 1. The van der Waals surface area contributed by atoms with E-state index in [1.165, 1.54) is 9.47 Å². The number of aromatic nitrogens is 2. The molecule has 7 heteroatoms. The Labute approximate surface area is 182 Å². The second-order valence-electron chi connectivity index (χ2n) is 7.18. The Bertz CT molecular complexity index is 1090. The van der Waals surface area contributed by atoms with Crippen LogP contribution in [0, 0.1) is 13.8 Å². The maximum Gasteiger partial charge on any atom is 0.340 e. The van der Waals surface area contributed by atoms with Gasteiger partial charge in [0.25, 0.3) is 5.56 Å². The summed E-state index contributed by atoms with van der Waals surface area (Å²) in [6.45, 7) is 11.0. The molecule has 0 atom stereocenters. The maximum absolute atomic E-state index is 13.2. The van der Waals surface area contributed by atoms with Crippen LogP contribution in [0.4, 0.5) is 0 Å². The molecule has 0 saturated carbocycles. The third-order valence-corrected chi connectivity index (χ3v) is 5.25. The van der Waals surface area contributed by atoms with Gasteiger partial charge < -0.3 is 22.0 Å². The fraction of sp³-hybridized carbons (Fsp3) is 0.348. The number of ether oxygens (including phenoxy) is 1. The summed E-state index contributed by atoms with van der Waals surface area (Å²) in [5.74, 6) is 0.104. The van der Waals surface area contributed by atoms with Crippen molar-refractivity contribution < 1.29 is 26.8 Å². The van der Waals surface area contributed by atoms with Gasteiger partial charge in [0.2, 0.25) is 0 Å². The zero-order valence-electron chi connectivity index (χ0n) is 17.9. The number of hydrogen-bond acceptors (Lipinski definition) is 4. The van der Waals surface area contributed by atoms with E-state index in [-0.39, 0.29) is 18.0 Å². The van der Waals surface area contributed by atoms with Gasteiger partial charge in [0, 0.05) is 0 Å². The number of carbonyl (C=O) groups is 1. The summed E-state index contributed by atoms with van der Waals surface area (Å²) >= 11 is 0. The molecule has 6 nitrogen and oxygen atoms in total. The molecule has 0 aliphatic heterocycles. The van der Waals surface area contributed by atoms with E-state index < -0.39 is 5.97 Å². The minimum atomic E-state index is -0.425. The van der Waals surface area contributed by atoms with Crippen LogP contribution in [0.2, 0.25) is 0 Å². The summed E-state index contributed by atoms with van der Waals surface area (Å²) < 4.78 is 7.04. The van der Waals surface area contributed by atoms with Crippen LogP contribution in [0.5, 0.6) is 0 Å². The topological polar surface area (TPSA) is 65.6 Å². The van der Waals surface area contributed by atoms with Crippen molar-refractivity contribution >= 4 is 16.9 Å². The lowest BCUT2D eigenvalue weighted by atomic mass is 10.1. The van der Waals surface area contributed by atoms with Crippen molar-refractivity contribution in [3.05, 3.63) is 69.8 Å². The molecular formula is C23H28ClN3O3. The summed E-state index contributed by atoms with van der Waals surface area (Å²) in [5, 5.41) is 0.518. The molecule has 0 bridgehead atoms. The smallest absolute Gasteiger partial charge is 0.340 e. The highest BCUT2D eigenvalue weighted by atomic mass is 35.5.